The molecule has 6 nitrogen and oxygen atoms in total. The van der Waals surface area contributed by atoms with Gasteiger partial charge in [0, 0.05) is 26.2 Å². The van der Waals surface area contributed by atoms with E-state index >= 15 is 0 Å². The summed E-state index contributed by atoms with van der Waals surface area (Å²) in [7, 11) is -3.51. The van der Waals surface area contributed by atoms with Gasteiger partial charge in [0.15, 0.2) is 0 Å². The minimum absolute atomic E-state index is 0.0566. The van der Waals surface area contributed by atoms with Crippen LogP contribution >= 0.6 is 11.3 Å². The number of rotatable bonds is 7. The molecule has 31 heavy (non-hydrogen) atoms. The highest BCUT2D eigenvalue weighted by atomic mass is 32.2. The summed E-state index contributed by atoms with van der Waals surface area (Å²) in [4.78, 5) is 15.4. The molecule has 1 aromatic heterocycles. The van der Waals surface area contributed by atoms with E-state index < -0.39 is 10.0 Å². The summed E-state index contributed by atoms with van der Waals surface area (Å²) in [5.41, 5.74) is 2.40. The summed E-state index contributed by atoms with van der Waals surface area (Å²) in [6.07, 6.45) is 5.25. The average Bonchev–Trinajstić information content (AvgIpc) is 3.35. The summed E-state index contributed by atoms with van der Waals surface area (Å²) in [6.45, 7) is 4.40. The predicted molar refractivity (Wildman–Crippen MR) is 123 cm³/mol. The Morgan fingerprint density at radius 1 is 1.00 bits per heavy atom. The highest BCUT2D eigenvalue weighted by molar-refractivity contribution is 7.91. The van der Waals surface area contributed by atoms with Crippen molar-refractivity contribution < 1.29 is 13.2 Å². The molecule has 3 heterocycles. The van der Waals surface area contributed by atoms with Crippen LogP contribution < -0.4 is 5.32 Å². The molecule has 0 radical (unpaired) electrons. The number of benzene rings is 1. The van der Waals surface area contributed by atoms with Crippen LogP contribution in [0.5, 0.6) is 0 Å². The Bertz CT molecular complexity index is 970. The zero-order chi connectivity index (χ0) is 21.7. The monoisotopic (exact) mass is 461 g/mol. The summed E-state index contributed by atoms with van der Waals surface area (Å²) in [6, 6.07) is 11.7. The zero-order valence-electron chi connectivity index (χ0n) is 17.8. The van der Waals surface area contributed by atoms with Crippen molar-refractivity contribution >= 4 is 27.3 Å². The maximum Gasteiger partial charge on any atom is 0.252 e. The van der Waals surface area contributed by atoms with Crippen molar-refractivity contribution in [3.8, 4) is 0 Å². The number of carbonyl (C=O) groups excluding carboxylic acids is 1. The van der Waals surface area contributed by atoms with Gasteiger partial charge in [0.25, 0.3) is 10.0 Å². The van der Waals surface area contributed by atoms with E-state index in [1.807, 2.05) is 6.07 Å². The van der Waals surface area contributed by atoms with Gasteiger partial charge < -0.3 is 5.32 Å². The van der Waals surface area contributed by atoms with Crippen LogP contribution in [0.15, 0.2) is 46.0 Å². The Kier molecular flexibility index (Phi) is 7.43. The van der Waals surface area contributed by atoms with E-state index in [0.29, 0.717) is 23.7 Å². The lowest BCUT2D eigenvalue weighted by Gasteiger charge is -2.31. The molecule has 2 aromatic rings. The largest absolute Gasteiger partial charge is 0.352 e. The summed E-state index contributed by atoms with van der Waals surface area (Å²) < 4.78 is 27.5. The third-order valence-corrected chi connectivity index (χ3v) is 9.50. The van der Waals surface area contributed by atoms with E-state index in [9.17, 15) is 13.2 Å². The third kappa shape index (κ3) is 5.55. The second kappa shape index (κ2) is 10.3. The van der Waals surface area contributed by atoms with E-state index in [4.69, 9.17) is 0 Å². The second-order valence-electron chi connectivity index (χ2n) is 8.46. The minimum atomic E-state index is -3.51. The van der Waals surface area contributed by atoms with Crippen LogP contribution in [0, 0.1) is 5.92 Å². The highest BCUT2D eigenvalue weighted by Gasteiger charge is 2.33. The van der Waals surface area contributed by atoms with Crippen molar-refractivity contribution in [1.29, 1.82) is 0 Å². The number of hydrogen-bond acceptors (Lipinski definition) is 5. The number of amides is 1. The first kappa shape index (κ1) is 22.5. The maximum atomic E-state index is 12.9. The van der Waals surface area contributed by atoms with E-state index in [2.05, 4.69) is 28.4 Å². The number of carbonyl (C=O) groups is 1. The molecule has 0 saturated carbocycles. The topological polar surface area (TPSA) is 69.7 Å². The zero-order valence-corrected chi connectivity index (χ0v) is 19.5. The molecule has 1 amide bonds. The fourth-order valence-corrected chi connectivity index (χ4v) is 7.15. The van der Waals surface area contributed by atoms with Gasteiger partial charge >= 0.3 is 0 Å². The third-order valence-electron chi connectivity index (χ3n) is 6.26. The molecular weight excluding hydrogens is 430 g/mol. The molecule has 0 bridgehead atoms. The van der Waals surface area contributed by atoms with Gasteiger partial charge in [-0.1, -0.05) is 36.8 Å². The summed E-state index contributed by atoms with van der Waals surface area (Å²) in [5.74, 6) is -0.364. The van der Waals surface area contributed by atoms with Crippen LogP contribution in [0.2, 0.25) is 0 Å². The smallest absolute Gasteiger partial charge is 0.252 e. The molecule has 2 saturated heterocycles. The first-order valence-corrected chi connectivity index (χ1v) is 13.5. The molecule has 0 spiro atoms. The molecule has 0 unspecified atom stereocenters. The van der Waals surface area contributed by atoms with Gasteiger partial charge in [-0.05, 0) is 61.3 Å². The lowest BCUT2D eigenvalue weighted by atomic mass is 9.98. The maximum absolute atomic E-state index is 12.9. The first-order valence-electron chi connectivity index (χ1n) is 11.1. The number of likely N-dealkylation sites (tertiary alicyclic amines) is 1. The summed E-state index contributed by atoms with van der Waals surface area (Å²) >= 11 is 1.22. The molecule has 2 fully saturated rings. The highest BCUT2D eigenvalue weighted by Crippen LogP contribution is 2.26. The fourth-order valence-electron chi connectivity index (χ4n) is 4.48. The van der Waals surface area contributed by atoms with Crippen LogP contribution in [0.25, 0.3) is 0 Å². The molecule has 1 N–H and O–H groups in total. The van der Waals surface area contributed by atoms with E-state index in [0.717, 1.165) is 31.6 Å². The standard InChI is InChI=1S/C23H31N3O3S2/c27-23(21-10-6-14-26(18-21)31(28,29)22-11-7-15-30-22)24-16-19-8-2-3-9-20(19)17-25-12-4-1-5-13-25/h2-3,7-9,11,15,21H,1,4-6,10,12-14,16-18H2,(H,24,27)/t21-/m0/s1. The number of nitrogens with one attached hydrogen (secondary N) is 1. The number of thiophene rings is 1. The quantitative estimate of drug-likeness (QED) is 0.686. The van der Waals surface area contributed by atoms with Gasteiger partial charge in [-0.2, -0.15) is 4.31 Å². The van der Waals surface area contributed by atoms with Gasteiger partial charge in [-0.15, -0.1) is 11.3 Å². The van der Waals surface area contributed by atoms with Crippen LogP contribution in [0.1, 0.15) is 43.2 Å². The average molecular weight is 462 g/mol. The molecule has 4 rings (SSSR count). The molecule has 168 valence electrons. The van der Waals surface area contributed by atoms with Gasteiger partial charge in [0.1, 0.15) is 4.21 Å². The Labute approximate surface area is 189 Å². The van der Waals surface area contributed by atoms with E-state index in [1.54, 1.807) is 17.5 Å². The van der Waals surface area contributed by atoms with E-state index in [1.165, 1.54) is 40.5 Å². The van der Waals surface area contributed by atoms with Crippen molar-refractivity contribution in [1.82, 2.24) is 14.5 Å². The Hall–Kier alpha value is -1.74. The second-order valence-corrected chi connectivity index (χ2v) is 11.6. The van der Waals surface area contributed by atoms with E-state index in [-0.39, 0.29) is 18.4 Å². The molecule has 1 aromatic carbocycles. The lowest BCUT2D eigenvalue weighted by molar-refractivity contribution is -0.126. The van der Waals surface area contributed by atoms with Gasteiger partial charge in [-0.3, -0.25) is 9.69 Å². The minimum Gasteiger partial charge on any atom is -0.352 e. The van der Waals surface area contributed by atoms with Crippen LogP contribution in [-0.2, 0) is 27.9 Å². The van der Waals surface area contributed by atoms with Gasteiger partial charge in [0.05, 0.1) is 5.92 Å². The predicted octanol–water partition coefficient (Wildman–Crippen LogP) is 3.45. The number of nitrogens with zero attached hydrogens (tertiary/aromatic N) is 2. The summed E-state index contributed by atoms with van der Waals surface area (Å²) in [5, 5.41) is 4.84. The molecule has 0 aliphatic carbocycles. The fraction of sp³-hybridized carbons (Fsp3) is 0.522. The number of hydrogen-bond donors (Lipinski definition) is 1. The molecule has 2 aliphatic rings. The van der Waals surface area contributed by atoms with Crippen LogP contribution in [0.4, 0.5) is 0 Å². The molecule has 2 aliphatic heterocycles. The van der Waals surface area contributed by atoms with Crippen molar-refractivity contribution in [2.45, 2.75) is 49.4 Å². The van der Waals surface area contributed by atoms with Gasteiger partial charge in [0.2, 0.25) is 5.91 Å². The Morgan fingerprint density at radius 2 is 1.77 bits per heavy atom. The molecule has 1 atom stereocenters. The van der Waals surface area contributed by atoms with Crippen LogP contribution in [-0.4, -0.2) is 49.7 Å². The van der Waals surface area contributed by atoms with Crippen molar-refractivity contribution in [2.24, 2.45) is 5.92 Å². The Balaban J connectivity index is 1.36. The molecule has 8 heteroatoms. The number of piperidine rings is 2. The number of sulfonamides is 1. The first-order chi connectivity index (χ1) is 15.0. The van der Waals surface area contributed by atoms with Crippen LogP contribution in [0.3, 0.4) is 0 Å². The normalized spacial score (nSPS) is 21.1. The van der Waals surface area contributed by atoms with Gasteiger partial charge in [-0.25, -0.2) is 8.42 Å². The van der Waals surface area contributed by atoms with Crippen molar-refractivity contribution in [2.75, 3.05) is 26.2 Å². The van der Waals surface area contributed by atoms with Crippen molar-refractivity contribution in [3.05, 3.63) is 52.9 Å². The molecular formula is C23H31N3O3S2. The lowest BCUT2D eigenvalue weighted by Crippen LogP contribution is -2.45. The van der Waals surface area contributed by atoms with Crippen molar-refractivity contribution in [3.63, 3.8) is 0 Å². The SMILES string of the molecule is O=C(NCc1ccccc1CN1CCCCC1)[C@H]1CCCN(S(=O)(=O)c2cccs2)C1. The Morgan fingerprint density at radius 3 is 2.52 bits per heavy atom.